The molecule has 11 nitrogen and oxygen atoms in total. The van der Waals surface area contributed by atoms with Crippen LogP contribution in [-0.2, 0) is 4.79 Å². The zero-order valence-corrected chi connectivity index (χ0v) is 19.1. The van der Waals surface area contributed by atoms with Gasteiger partial charge in [0.1, 0.15) is 27.9 Å². The SMILES string of the molecule is COc1cc(OC)cc(-c2nnc(S/C(=C\c3ccc(-c4ccc([N+](=O)[O-])cc4)o3)C(=O)O)o2)c1. The Morgan fingerprint density at radius 1 is 1.00 bits per heavy atom. The van der Waals surface area contributed by atoms with E-state index in [1.807, 2.05) is 0 Å². The van der Waals surface area contributed by atoms with Crippen molar-refractivity contribution in [2.75, 3.05) is 14.2 Å². The second-order valence-electron chi connectivity index (χ2n) is 6.90. The third-order valence-electron chi connectivity index (χ3n) is 4.68. The highest BCUT2D eigenvalue weighted by molar-refractivity contribution is 8.03. The molecule has 0 spiro atoms. The van der Waals surface area contributed by atoms with Crippen molar-refractivity contribution in [2.45, 2.75) is 5.22 Å². The predicted octanol–water partition coefficient (Wildman–Crippen LogP) is 5.14. The number of thioether (sulfide) groups is 1. The van der Waals surface area contributed by atoms with E-state index >= 15 is 0 Å². The van der Waals surface area contributed by atoms with Crippen LogP contribution in [0.3, 0.4) is 0 Å². The van der Waals surface area contributed by atoms with Gasteiger partial charge in [-0.05, 0) is 48.2 Å². The summed E-state index contributed by atoms with van der Waals surface area (Å²) >= 11 is 0.761. The Kier molecular flexibility index (Phi) is 6.83. The maximum atomic E-state index is 11.8. The quantitative estimate of drug-likeness (QED) is 0.142. The van der Waals surface area contributed by atoms with Gasteiger partial charge in [0, 0.05) is 35.4 Å². The van der Waals surface area contributed by atoms with E-state index in [-0.39, 0.29) is 27.5 Å². The first-order valence-electron chi connectivity index (χ1n) is 9.90. The number of carboxylic acids is 1. The van der Waals surface area contributed by atoms with Crippen molar-refractivity contribution >= 4 is 29.5 Å². The molecule has 0 aliphatic carbocycles. The molecular weight excluding hydrogens is 478 g/mol. The van der Waals surface area contributed by atoms with Crippen LogP contribution in [-0.4, -0.2) is 40.4 Å². The number of carbonyl (C=O) groups is 1. The van der Waals surface area contributed by atoms with Gasteiger partial charge in [0.2, 0.25) is 5.89 Å². The van der Waals surface area contributed by atoms with Crippen LogP contribution in [0, 0.1) is 10.1 Å². The molecule has 4 rings (SSSR count). The molecule has 2 heterocycles. The fourth-order valence-corrected chi connectivity index (χ4v) is 3.64. The van der Waals surface area contributed by atoms with Crippen LogP contribution >= 0.6 is 11.8 Å². The topological polar surface area (TPSA) is 151 Å². The van der Waals surface area contributed by atoms with Crippen LogP contribution < -0.4 is 9.47 Å². The van der Waals surface area contributed by atoms with Crippen LogP contribution in [0.15, 0.2) is 73.6 Å². The largest absolute Gasteiger partial charge is 0.497 e. The highest BCUT2D eigenvalue weighted by Crippen LogP contribution is 2.34. The van der Waals surface area contributed by atoms with Crippen molar-refractivity contribution in [2.24, 2.45) is 0 Å². The molecule has 1 N–H and O–H groups in total. The number of aliphatic carboxylic acids is 1. The lowest BCUT2D eigenvalue weighted by Gasteiger charge is -2.05. The number of non-ortho nitro benzene ring substituents is 1. The van der Waals surface area contributed by atoms with Gasteiger partial charge in [-0.25, -0.2) is 4.79 Å². The molecule has 0 saturated carbocycles. The first-order chi connectivity index (χ1) is 16.9. The second-order valence-corrected chi connectivity index (χ2v) is 7.89. The number of furan rings is 1. The van der Waals surface area contributed by atoms with E-state index in [4.69, 9.17) is 18.3 Å². The Labute approximate surface area is 202 Å². The van der Waals surface area contributed by atoms with Crippen molar-refractivity contribution in [3.05, 3.63) is 75.4 Å². The summed E-state index contributed by atoms with van der Waals surface area (Å²) in [5, 5.41) is 28.4. The van der Waals surface area contributed by atoms with Crippen molar-refractivity contribution < 1.29 is 33.1 Å². The number of methoxy groups -OCH3 is 2. The lowest BCUT2D eigenvalue weighted by atomic mass is 10.1. The Morgan fingerprint density at radius 2 is 1.69 bits per heavy atom. The molecule has 0 radical (unpaired) electrons. The molecule has 0 saturated heterocycles. The molecule has 0 atom stereocenters. The molecular formula is C23H17N3O8S. The monoisotopic (exact) mass is 495 g/mol. The summed E-state index contributed by atoms with van der Waals surface area (Å²) in [6.07, 6.45) is 1.32. The third-order valence-corrected chi connectivity index (χ3v) is 5.53. The number of carboxylic acid groups (broad SMARTS) is 1. The second kappa shape index (κ2) is 10.1. The molecule has 4 aromatic rings. The lowest BCUT2D eigenvalue weighted by Crippen LogP contribution is -1.96. The Morgan fingerprint density at radius 3 is 2.29 bits per heavy atom. The zero-order chi connectivity index (χ0) is 24.9. The Bertz CT molecular complexity index is 1390. The van der Waals surface area contributed by atoms with Gasteiger partial charge in [0.05, 0.1) is 19.1 Å². The van der Waals surface area contributed by atoms with E-state index in [0.29, 0.717) is 28.4 Å². The number of aromatic nitrogens is 2. The molecule has 2 aromatic carbocycles. The number of ether oxygens (including phenoxy) is 2. The zero-order valence-electron chi connectivity index (χ0n) is 18.3. The first-order valence-corrected chi connectivity index (χ1v) is 10.7. The molecule has 2 aromatic heterocycles. The number of rotatable bonds is 9. The normalized spacial score (nSPS) is 11.3. The predicted molar refractivity (Wildman–Crippen MR) is 125 cm³/mol. The van der Waals surface area contributed by atoms with Gasteiger partial charge < -0.3 is 23.4 Å². The van der Waals surface area contributed by atoms with Crippen LogP contribution in [0.5, 0.6) is 11.5 Å². The molecule has 0 aliphatic rings. The van der Waals surface area contributed by atoms with Gasteiger partial charge in [0.15, 0.2) is 0 Å². The Hall–Kier alpha value is -4.58. The minimum atomic E-state index is -1.22. The van der Waals surface area contributed by atoms with E-state index in [1.165, 1.54) is 32.4 Å². The van der Waals surface area contributed by atoms with E-state index in [9.17, 15) is 20.0 Å². The highest BCUT2D eigenvalue weighted by atomic mass is 32.2. The van der Waals surface area contributed by atoms with Gasteiger partial charge in [-0.2, -0.15) is 0 Å². The van der Waals surface area contributed by atoms with Crippen molar-refractivity contribution in [1.29, 1.82) is 0 Å². The number of nitro groups is 1. The van der Waals surface area contributed by atoms with E-state index < -0.39 is 10.9 Å². The van der Waals surface area contributed by atoms with Gasteiger partial charge in [-0.1, -0.05) is 0 Å². The first kappa shape index (κ1) is 23.6. The summed E-state index contributed by atoms with van der Waals surface area (Å²) in [5.74, 6) is 0.687. The number of benzene rings is 2. The molecule has 0 unspecified atom stereocenters. The van der Waals surface area contributed by atoms with Gasteiger partial charge >= 0.3 is 5.97 Å². The summed E-state index contributed by atoms with van der Waals surface area (Å²) in [7, 11) is 3.03. The molecule has 0 bridgehead atoms. The average Bonchev–Trinajstić information content (AvgIpc) is 3.53. The van der Waals surface area contributed by atoms with Gasteiger partial charge in [0.25, 0.3) is 10.9 Å². The summed E-state index contributed by atoms with van der Waals surface area (Å²) in [5.41, 5.74) is 1.10. The smallest absolute Gasteiger partial charge is 0.342 e. The van der Waals surface area contributed by atoms with Crippen LogP contribution in [0.1, 0.15) is 5.76 Å². The number of hydrogen-bond acceptors (Lipinski definition) is 10. The summed E-state index contributed by atoms with van der Waals surface area (Å²) in [6, 6.07) is 14.1. The lowest BCUT2D eigenvalue weighted by molar-refractivity contribution is -0.384. The number of hydrogen-bond donors (Lipinski definition) is 1. The molecule has 0 aliphatic heterocycles. The van der Waals surface area contributed by atoms with Crippen molar-refractivity contribution in [3.8, 4) is 34.3 Å². The maximum absolute atomic E-state index is 11.8. The maximum Gasteiger partial charge on any atom is 0.342 e. The molecule has 35 heavy (non-hydrogen) atoms. The van der Waals surface area contributed by atoms with Crippen LogP contribution in [0.25, 0.3) is 28.9 Å². The summed E-state index contributed by atoms with van der Waals surface area (Å²) in [6.45, 7) is 0. The highest BCUT2D eigenvalue weighted by Gasteiger charge is 2.18. The average molecular weight is 495 g/mol. The standard InChI is InChI=1S/C23H17N3O8S/c1-31-17-9-14(10-18(11-17)32-2)21-24-25-23(34-21)35-20(22(27)28)12-16-7-8-19(33-16)13-3-5-15(6-4-13)26(29)30/h3-12H,1-2H3,(H,27,28)/b20-12-. The molecule has 0 amide bonds. The fraction of sp³-hybridized carbons (Fsp3) is 0.0870. The Balaban J connectivity index is 1.55. The number of nitrogens with zero attached hydrogens (tertiary/aromatic N) is 3. The van der Waals surface area contributed by atoms with E-state index in [2.05, 4.69) is 10.2 Å². The number of nitro benzene ring substituents is 1. The minimum absolute atomic E-state index is 0.0117. The molecule has 178 valence electrons. The molecule has 0 fully saturated rings. The van der Waals surface area contributed by atoms with Crippen LogP contribution in [0.2, 0.25) is 0 Å². The van der Waals surface area contributed by atoms with Gasteiger partial charge in [-0.3, -0.25) is 10.1 Å². The summed E-state index contributed by atoms with van der Waals surface area (Å²) < 4.78 is 21.8. The van der Waals surface area contributed by atoms with Crippen molar-refractivity contribution in [1.82, 2.24) is 10.2 Å². The van der Waals surface area contributed by atoms with Crippen LogP contribution in [0.4, 0.5) is 5.69 Å². The van der Waals surface area contributed by atoms with Gasteiger partial charge in [-0.15, -0.1) is 10.2 Å². The summed E-state index contributed by atoms with van der Waals surface area (Å²) in [4.78, 5) is 22.0. The third kappa shape index (κ3) is 5.50. The minimum Gasteiger partial charge on any atom is -0.497 e. The fourth-order valence-electron chi connectivity index (χ4n) is 2.99. The van der Waals surface area contributed by atoms with Crippen molar-refractivity contribution in [3.63, 3.8) is 0 Å². The molecule has 12 heteroatoms. The van der Waals surface area contributed by atoms with E-state index in [1.54, 1.807) is 42.5 Å². The van der Waals surface area contributed by atoms with E-state index in [0.717, 1.165) is 11.8 Å².